The van der Waals surface area contributed by atoms with Gasteiger partial charge in [0.2, 0.25) is 11.8 Å². The maximum absolute atomic E-state index is 6.15. The molecular formula is C16H11ClN4OS. The molecule has 4 aromatic rings. The standard InChI is InChI=1S/C16H11ClN4OS/c17-13-7-2-1-6-12(13)15-20-19-14(22-15)10-23-16-18-9-11-5-3-4-8-21(11)16/h1-9H,10H2. The first-order chi connectivity index (χ1) is 11.3. The molecule has 3 aromatic heterocycles. The summed E-state index contributed by atoms with van der Waals surface area (Å²) < 4.78 is 7.72. The highest BCUT2D eigenvalue weighted by Crippen LogP contribution is 2.28. The van der Waals surface area contributed by atoms with Gasteiger partial charge in [-0.25, -0.2) is 4.98 Å². The van der Waals surface area contributed by atoms with E-state index in [1.54, 1.807) is 17.8 Å². The predicted octanol–water partition coefficient (Wildman–Crippen LogP) is 4.33. The van der Waals surface area contributed by atoms with Gasteiger partial charge in [0, 0.05) is 6.20 Å². The zero-order valence-corrected chi connectivity index (χ0v) is 13.5. The number of pyridine rings is 1. The van der Waals surface area contributed by atoms with Gasteiger partial charge in [-0.15, -0.1) is 10.2 Å². The van der Waals surface area contributed by atoms with Crippen molar-refractivity contribution in [2.24, 2.45) is 0 Å². The van der Waals surface area contributed by atoms with Crippen LogP contribution in [0.2, 0.25) is 5.02 Å². The molecule has 4 rings (SSSR count). The van der Waals surface area contributed by atoms with Gasteiger partial charge in [0.1, 0.15) is 0 Å². The molecule has 23 heavy (non-hydrogen) atoms. The summed E-state index contributed by atoms with van der Waals surface area (Å²) in [6, 6.07) is 13.4. The number of thioether (sulfide) groups is 1. The summed E-state index contributed by atoms with van der Waals surface area (Å²) in [6.07, 6.45) is 3.82. The van der Waals surface area contributed by atoms with Crippen LogP contribution in [0, 0.1) is 0 Å². The number of aromatic nitrogens is 4. The number of fused-ring (bicyclic) bond motifs is 1. The number of benzene rings is 1. The van der Waals surface area contributed by atoms with Gasteiger partial charge in [-0.3, -0.25) is 4.40 Å². The van der Waals surface area contributed by atoms with Crippen molar-refractivity contribution in [3.8, 4) is 11.5 Å². The van der Waals surface area contributed by atoms with Crippen molar-refractivity contribution in [2.75, 3.05) is 0 Å². The van der Waals surface area contributed by atoms with E-state index in [4.69, 9.17) is 16.0 Å². The Hall–Kier alpha value is -2.31. The van der Waals surface area contributed by atoms with Crippen LogP contribution in [0.5, 0.6) is 0 Å². The number of halogens is 1. The average Bonchev–Trinajstić information content (AvgIpc) is 3.20. The highest BCUT2D eigenvalue weighted by Gasteiger charge is 2.12. The quantitative estimate of drug-likeness (QED) is 0.517. The molecule has 0 saturated heterocycles. The van der Waals surface area contributed by atoms with Crippen LogP contribution in [-0.2, 0) is 5.75 Å². The third kappa shape index (κ3) is 2.83. The van der Waals surface area contributed by atoms with Gasteiger partial charge in [0.25, 0.3) is 0 Å². The van der Waals surface area contributed by atoms with Gasteiger partial charge in [-0.1, -0.05) is 41.6 Å². The second-order valence-corrected chi connectivity index (χ2v) is 6.16. The fraction of sp³-hybridized carbons (Fsp3) is 0.0625. The summed E-state index contributed by atoms with van der Waals surface area (Å²) in [7, 11) is 0. The number of hydrogen-bond acceptors (Lipinski definition) is 5. The number of imidazole rings is 1. The minimum Gasteiger partial charge on any atom is -0.420 e. The summed E-state index contributed by atoms with van der Waals surface area (Å²) in [5.41, 5.74) is 1.79. The van der Waals surface area contributed by atoms with Gasteiger partial charge in [-0.05, 0) is 24.3 Å². The first-order valence-electron chi connectivity index (χ1n) is 6.93. The normalized spacial score (nSPS) is 11.2. The van der Waals surface area contributed by atoms with Gasteiger partial charge >= 0.3 is 0 Å². The van der Waals surface area contributed by atoms with Crippen LogP contribution < -0.4 is 0 Å². The van der Waals surface area contributed by atoms with Crippen LogP contribution in [0.3, 0.4) is 0 Å². The summed E-state index contributed by atoms with van der Waals surface area (Å²) >= 11 is 7.69. The maximum atomic E-state index is 6.15. The van der Waals surface area contributed by atoms with Crippen molar-refractivity contribution in [1.82, 2.24) is 19.6 Å². The van der Waals surface area contributed by atoms with E-state index < -0.39 is 0 Å². The summed E-state index contributed by atoms with van der Waals surface area (Å²) in [6.45, 7) is 0. The second-order valence-electron chi connectivity index (χ2n) is 4.81. The lowest BCUT2D eigenvalue weighted by Crippen LogP contribution is -1.87. The summed E-state index contributed by atoms with van der Waals surface area (Å²) in [5, 5.41) is 9.63. The molecule has 0 saturated carbocycles. The molecule has 0 aliphatic rings. The van der Waals surface area contributed by atoms with Crippen molar-refractivity contribution in [2.45, 2.75) is 10.9 Å². The molecule has 0 bridgehead atoms. The summed E-state index contributed by atoms with van der Waals surface area (Å²) in [5.74, 6) is 1.52. The van der Waals surface area contributed by atoms with Crippen molar-refractivity contribution >= 4 is 28.9 Å². The molecule has 0 aliphatic carbocycles. The Morgan fingerprint density at radius 1 is 1.09 bits per heavy atom. The van der Waals surface area contributed by atoms with Crippen LogP contribution >= 0.6 is 23.4 Å². The Balaban J connectivity index is 1.53. The van der Waals surface area contributed by atoms with Gasteiger partial charge in [0.15, 0.2) is 5.16 Å². The molecule has 3 heterocycles. The zero-order valence-electron chi connectivity index (χ0n) is 11.9. The highest BCUT2D eigenvalue weighted by atomic mass is 35.5. The Bertz CT molecular complexity index is 965. The highest BCUT2D eigenvalue weighted by molar-refractivity contribution is 7.98. The lowest BCUT2D eigenvalue weighted by molar-refractivity contribution is 0.528. The molecule has 0 aliphatic heterocycles. The molecule has 0 spiro atoms. The van der Waals surface area contributed by atoms with E-state index in [0.717, 1.165) is 16.2 Å². The number of hydrogen-bond donors (Lipinski definition) is 0. The van der Waals surface area contributed by atoms with Crippen LogP contribution in [0.1, 0.15) is 5.89 Å². The molecule has 7 heteroatoms. The third-order valence-electron chi connectivity index (χ3n) is 3.30. The molecule has 0 atom stereocenters. The first kappa shape index (κ1) is 14.3. The fourth-order valence-corrected chi connectivity index (χ4v) is 3.23. The molecule has 1 aromatic carbocycles. The lowest BCUT2D eigenvalue weighted by Gasteiger charge is -1.99. The lowest BCUT2D eigenvalue weighted by atomic mass is 10.2. The average molecular weight is 343 g/mol. The molecule has 0 unspecified atom stereocenters. The van der Waals surface area contributed by atoms with Gasteiger partial charge in [0.05, 0.1) is 28.1 Å². The summed E-state index contributed by atoms with van der Waals surface area (Å²) in [4.78, 5) is 4.40. The molecule has 0 N–H and O–H groups in total. The van der Waals surface area contributed by atoms with E-state index in [1.165, 1.54) is 0 Å². The largest absolute Gasteiger partial charge is 0.420 e. The third-order valence-corrected chi connectivity index (χ3v) is 4.58. The van der Waals surface area contributed by atoms with E-state index in [1.807, 2.05) is 53.2 Å². The van der Waals surface area contributed by atoms with Crippen molar-refractivity contribution in [3.05, 3.63) is 65.8 Å². The topological polar surface area (TPSA) is 56.2 Å². The van der Waals surface area contributed by atoms with Crippen molar-refractivity contribution in [1.29, 1.82) is 0 Å². The zero-order chi connectivity index (χ0) is 15.6. The van der Waals surface area contributed by atoms with E-state index in [2.05, 4.69) is 15.2 Å². The Kier molecular flexibility index (Phi) is 3.77. The van der Waals surface area contributed by atoms with Crippen molar-refractivity contribution in [3.63, 3.8) is 0 Å². The van der Waals surface area contributed by atoms with Crippen LogP contribution in [0.4, 0.5) is 0 Å². The molecule has 0 amide bonds. The Morgan fingerprint density at radius 2 is 1.96 bits per heavy atom. The van der Waals surface area contributed by atoms with Gasteiger partial charge in [-0.2, -0.15) is 0 Å². The van der Waals surface area contributed by atoms with E-state index >= 15 is 0 Å². The molecule has 114 valence electrons. The number of rotatable bonds is 4. The van der Waals surface area contributed by atoms with Crippen LogP contribution in [0.25, 0.3) is 17.0 Å². The Morgan fingerprint density at radius 3 is 2.87 bits per heavy atom. The smallest absolute Gasteiger partial charge is 0.249 e. The predicted molar refractivity (Wildman–Crippen MR) is 89.5 cm³/mol. The van der Waals surface area contributed by atoms with Gasteiger partial charge < -0.3 is 4.42 Å². The SMILES string of the molecule is Clc1ccccc1-c1nnc(CSc2ncc3ccccn23)o1. The maximum Gasteiger partial charge on any atom is 0.249 e. The Labute approximate surface area is 141 Å². The minimum absolute atomic E-state index is 0.430. The first-order valence-corrected chi connectivity index (χ1v) is 8.30. The molecule has 0 fully saturated rings. The van der Waals surface area contributed by atoms with Crippen LogP contribution in [0.15, 0.2) is 64.4 Å². The molecule has 0 radical (unpaired) electrons. The second kappa shape index (κ2) is 6.06. The van der Waals surface area contributed by atoms with E-state index in [0.29, 0.717) is 22.6 Å². The monoisotopic (exact) mass is 342 g/mol. The molecular weight excluding hydrogens is 332 g/mol. The fourth-order valence-electron chi connectivity index (χ4n) is 2.21. The van der Waals surface area contributed by atoms with Crippen molar-refractivity contribution < 1.29 is 4.42 Å². The minimum atomic E-state index is 0.430. The number of nitrogens with zero attached hydrogens (tertiary/aromatic N) is 4. The van der Waals surface area contributed by atoms with E-state index in [-0.39, 0.29) is 0 Å². The molecule has 5 nitrogen and oxygen atoms in total. The van der Waals surface area contributed by atoms with E-state index in [9.17, 15) is 0 Å². The van der Waals surface area contributed by atoms with Crippen LogP contribution in [-0.4, -0.2) is 19.6 Å².